The first kappa shape index (κ1) is 18.8. The highest BCUT2D eigenvalue weighted by atomic mass is 32.2. The Labute approximate surface area is 148 Å². The summed E-state index contributed by atoms with van der Waals surface area (Å²) in [5.74, 6) is -0.0000279. The number of amides is 1. The molecule has 25 heavy (non-hydrogen) atoms. The zero-order valence-corrected chi connectivity index (χ0v) is 15.3. The van der Waals surface area contributed by atoms with Crippen LogP contribution < -0.4 is 14.4 Å². The Morgan fingerprint density at radius 1 is 1.16 bits per heavy atom. The molecule has 0 aliphatic rings. The van der Waals surface area contributed by atoms with Gasteiger partial charge >= 0.3 is 0 Å². The highest BCUT2D eigenvalue weighted by molar-refractivity contribution is 7.92. The van der Waals surface area contributed by atoms with E-state index in [1.54, 1.807) is 37.3 Å². The maximum atomic E-state index is 13.1. The number of ether oxygens (including phenoxy) is 1. The fourth-order valence-electron chi connectivity index (χ4n) is 2.40. The summed E-state index contributed by atoms with van der Waals surface area (Å²) in [7, 11) is -2.46. The summed E-state index contributed by atoms with van der Waals surface area (Å²) in [4.78, 5) is 12.2. The van der Waals surface area contributed by atoms with Crippen molar-refractivity contribution in [1.82, 2.24) is 5.32 Å². The second-order valence-corrected chi connectivity index (χ2v) is 7.32. The number of anilines is 1. The average Bonchev–Trinajstić information content (AvgIpc) is 2.60. The lowest BCUT2D eigenvalue weighted by Gasteiger charge is -2.26. The molecule has 134 valence electrons. The molecular weight excluding hydrogens is 340 g/mol. The maximum Gasteiger partial charge on any atom is 0.264 e. The Kier molecular flexibility index (Phi) is 6.03. The predicted octanol–water partition coefficient (Wildman–Crippen LogP) is 2.34. The number of aryl methyl sites for hydroxylation is 1. The standard InChI is InChI=1S/C18H22N2O4S/c1-4-19-18(21)13-20(16-12-14(2)10-11-17(16)24-3)25(22,23)15-8-6-5-7-9-15/h5-12H,4,13H2,1-3H3,(H,19,21). The third kappa shape index (κ3) is 4.30. The number of hydrogen-bond acceptors (Lipinski definition) is 4. The topological polar surface area (TPSA) is 75.7 Å². The van der Waals surface area contributed by atoms with E-state index in [1.165, 1.54) is 19.2 Å². The van der Waals surface area contributed by atoms with Gasteiger partial charge in [0.25, 0.3) is 10.0 Å². The summed E-state index contributed by atoms with van der Waals surface area (Å²) in [5, 5.41) is 2.64. The molecule has 0 saturated heterocycles. The highest BCUT2D eigenvalue weighted by Crippen LogP contribution is 2.33. The van der Waals surface area contributed by atoms with Crippen LogP contribution in [0.2, 0.25) is 0 Å². The summed E-state index contributed by atoms with van der Waals surface area (Å²) in [6.07, 6.45) is 0. The minimum absolute atomic E-state index is 0.114. The van der Waals surface area contributed by atoms with Gasteiger partial charge in [-0.15, -0.1) is 0 Å². The molecule has 0 fully saturated rings. The number of methoxy groups -OCH3 is 1. The second-order valence-electron chi connectivity index (χ2n) is 5.45. The number of rotatable bonds is 7. The van der Waals surface area contributed by atoms with Gasteiger partial charge in [0.05, 0.1) is 17.7 Å². The zero-order valence-electron chi connectivity index (χ0n) is 14.5. The number of sulfonamides is 1. The number of carbonyl (C=O) groups is 1. The summed E-state index contributed by atoms with van der Waals surface area (Å²) in [5.41, 5.74) is 1.19. The number of carbonyl (C=O) groups excluding carboxylic acids is 1. The summed E-state index contributed by atoms with van der Waals surface area (Å²) >= 11 is 0. The molecule has 6 nitrogen and oxygen atoms in total. The van der Waals surface area contributed by atoms with Gasteiger partial charge in [0.2, 0.25) is 5.91 Å². The molecule has 1 N–H and O–H groups in total. The lowest BCUT2D eigenvalue weighted by Crippen LogP contribution is -2.41. The van der Waals surface area contributed by atoms with Gasteiger partial charge in [-0.3, -0.25) is 9.10 Å². The van der Waals surface area contributed by atoms with Gasteiger partial charge in [0.1, 0.15) is 12.3 Å². The Morgan fingerprint density at radius 3 is 2.44 bits per heavy atom. The second kappa shape index (κ2) is 8.02. The van der Waals surface area contributed by atoms with E-state index in [2.05, 4.69) is 5.32 Å². The Morgan fingerprint density at radius 2 is 1.84 bits per heavy atom. The van der Waals surface area contributed by atoms with Gasteiger partial charge < -0.3 is 10.1 Å². The fourth-order valence-corrected chi connectivity index (χ4v) is 3.84. The molecule has 2 aromatic rings. The minimum atomic E-state index is -3.92. The van der Waals surface area contributed by atoms with E-state index in [4.69, 9.17) is 4.74 Å². The molecule has 0 unspecified atom stereocenters. The average molecular weight is 362 g/mol. The Balaban J connectivity index is 2.58. The van der Waals surface area contributed by atoms with Crippen LogP contribution in [0.15, 0.2) is 53.4 Å². The number of nitrogens with zero attached hydrogens (tertiary/aromatic N) is 1. The minimum Gasteiger partial charge on any atom is -0.495 e. The molecule has 0 radical (unpaired) electrons. The van der Waals surface area contributed by atoms with Crippen LogP contribution >= 0.6 is 0 Å². The van der Waals surface area contributed by atoms with Gasteiger partial charge in [-0.2, -0.15) is 0 Å². The number of likely N-dealkylation sites (N-methyl/N-ethyl adjacent to an activating group) is 1. The summed E-state index contributed by atoms with van der Waals surface area (Å²) in [6.45, 7) is 3.72. The van der Waals surface area contributed by atoms with Gasteiger partial charge in [-0.1, -0.05) is 24.3 Å². The highest BCUT2D eigenvalue weighted by Gasteiger charge is 2.29. The van der Waals surface area contributed by atoms with Crippen LogP contribution in [0.1, 0.15) is 12.5 Å². The Hall–Kier alpha value is -2.54. The Bertz CT molecular complexity index is 835. The van der Waals surface area contributed by atoms with Crippen molar-refractivity contribution in [1.29, 1.82) is 0 Å². The van der Waals surface area contributed by atoms with Gasteiger partial charge in [0.15, 0.2) is 0 Å². The molecule has 0 spiro atoms. The third-order valence-electron chi connectivity index (χ3n) is 3.60. The van der Waals surface area contributed by atoms with Crippen molar-refractivity contribution < 1.29 is 17.9 Å². The summed E-state index contributed by atoms with van der Waals surface area (Å²) < 4.78 is 32.7. The normalized spacial score (nSPS) is 11.0. The summed E-state index contributed by atoms with van der Waals surface area (Å²) in [6, 6.07) is 13.2. The molecular formula is C18H22N2O4S. The van der Waals surface area contributed by atoms with Gasteiger partial charge in [-0.05, 0) is 43.7 Å². The molecule has 1 amide bonds. The largest absolute Gasteiger partial charge is 0.495 e. The number of nitrogens with one attached hydrogen (secondary N) is 1. The lowest BCUT2D eigenvalue weighted by molar-refractivity contribution is -0.119. The van der Waals surface area contributed by atoms with Crippen LogP contribution in [0.4, 0.5) is 5.69 Å². The van der Waals surface area contributed by atoms with Crippen molar-refractivity contribution in [3.8, 4) is 5.75 Å². The molecule has 0 heterocycles. The number of benzene rings is 2. The van der Waals surface area contributed by atoms with E-state index in [0.29, 0.717) is 18.0 Å². The molecule has 0 atom stereocenters. The molecule has 2 rings (SSSR count). The van der Waals surface area contributed by atoms with Crippen molar-refractivity contribution in [3.05, 3.63) is 54.1 Å². The van der Waals surface area contributed by atoms with Crippen molar-refractivity contribution >= 4 is 21.6 Å². The molecule has 0 saturated carbocycles. The van der Waals surface area contributed by atoms with Crippen LogP contribution in [0.3, 0.4) is 0 Å². The molecule has 2 aromatic carbocycles. The molecule has 0 aliphatic carbocycles. The molecule has 0 aromatic heterocycles. The zero-order chi connectivity index (χ0) is 18.4. The van der Waals surface area contributed by atoms with Crippen LogP contribution in [0.25, 0.3) is 0 Å². The first-order valence-electron chi connectivity index (χ1n) is 7.89. The van der Waals surface area contributed by atoms with Crippen LogP contribution in [0.5, 0.6) is 5.75 Å². The first-order valence-corrected chi connectivity index (χ1v) is 9.33. The first-order chi connectivity index (χ1) is 11.9. The van der Waals surface area contributed by atoms with E-state index < -0.39 is 10.0 Å². The maximum absolute atomic E-state index is 13.1. The van der Waals surface area contributed by atoms with Crippen LogP contribution in [-0.4, -0.2) is 34.5 Å². The van der Waals surface area contributed by atoms with Crippen molar-refractivity contribution in [2.45, 2.75) is 18.7 Å². The van der Waals surface area contributed by atoms with E-state index in [1.807, 2.05) is 13.0 Å². The predicted molar refractivity (Wildman–Crippen MR) is 97.4 cm³/mol. The van der Waals surface area contributed by atoms with E-state index >= 15 is 0 Å². The molecule has 7 heteroatoms. The molecule has 0 aliphatic heterocycles. The van der Waals surface area contributed by atoms with Crippen molar-refractivity contribution in [2.75, 3.05) is 24.5 Å². The van der Waals surface area contributed by atoms with Crippen LogP contribution in [0, 0.1) is 6.92 Å². The third-order valence-corrected chi connectivity index (χ3v) is 5.37. The number of hydrogen-bond donors (Lipinski definition) is 1. The van der Waals surface area contributed by atoms with Crippen LogP contribution in [-0.2, 0) is 14.8 Å². The molecule has 0 bridgehead atoms. The van der Waals surface area contributed by atoms with E-state index in [9.17, 15) is 13.2 Å². The van der Waals surface area contributed by atoms with Gasteiger partial charge in [-0.25, -0.2) is 8.42 Å². The smallest absolute Gasteiger partial charge is 0.264 e. The van der Waals surface area contributed by atoms with Gasteiger partial charge in [0, 0.05) is 6.54 Å². The lowest BCUT2D eigenvalue weighted by atomic mass is 10.2. The quantitative estimate of drug-likeness (QED) is 0.820. The van der Waals surface area contributed by atoms with E-state index in [0.717, 1.165) is 9.87 Å². The SMILES string of the molecule is CCNC(=O)CN(c1cc(C)ccc1OC)S(=O)(=O)c1ccccc1. The monoisotopic (exact) mass is 362 g/mol. The fraction of sp³-hybridized carbons (Fsp3) is 0.278. The van der Waals surface area contributed by atoms with Crippen molar-refractivity contribution in [2.24, 2.45) is 0 Å². The van der Waals surface area contributed by atoms with E-state index in [-0.39, 0.29) is 17.3 Å². The van der Waals surface area contributed by atoms with Crippen molar-refractivity contribution in [3.63, 3.8) is 0 Å².